The fraction of sp³-hybridized carbons (Fsp3) is 0.800. The second-order valence-electron chi connectivity index (χ2n) is 3.30. The maximum absolute atomic E-state index is 11.6. The number of carbonyl (C=O) groups is 2. The Labute approximate surface area is 100 Å². The molecule has 16 heavy (non-hydrogen) atoms. The van der Waals surface area contributed by atoms with E-state index in [-0.39, 0.29) is 12.6 Å². The van der Waals surface area contributed by atoms with Crippen LogP contribution in [0.2, 0.25) is 0 Å². The van der Waals surface area contributed by atoms with Crippen LogP contribution in [0, 0.1) is 0 Å². The van der Waals surface area contributed by atoms with Gasteiger partial charge in [0.1, 0.15) is 0 Å². The van der Waals surface area contributed by atoms with E-state index in [0.717, 1.165) is 12.2 Å². The molecule has 0 aromatic carbocycles. The summed E-state index contributed by atoms with van der Waals surface area (Å²) in [7, 11) is 0. The molecule has 94 valence electrons. The van der Waals surface area contributed by atoms with E-state index >= 15 is 0 Å². The van der Waals surface area contributed by atoms with Crippen LogP contribution in [0.1, 0.15) is 20.3 Å². The van der Waals surface area contributed by atoms with E-state index < -0.39 is 17.9 Å². The summed E-state index contributed by atoms with van der Waals surface area (Å²) < 4.78 is 4.67. The van der Waals surface area contributed by atoms with Crippen molar-refractivity contribution in [3.63, 3.8) is 0 Å². The van der Waals surface area contributed by atoms with Crippen molar-refractivity contribution in [3.8, 4) is 0 Å². The van der Waals surface area contributed by atoms with Gasteiger partial charge in [-0.15, -0.1) is 0 Å². The molecular formula is C10H20N2O3S. The Morgan fingerprint density at radius 2 is 2.06 bits per heavy atom. The predicted octanol–water partition coefficient (Wildman–Crippen LogP) is 0.135. The van der Waals surface area contributed by atoms with E-state index in [2.05, 4.69) is 10.1 Å². The van der Waals surface area contributed by atoms with Gasteiger partial charge in [0, 0.05) is 11.8 Å². The minimum Gasteiger partial charge on any atom is -0.464 e. The topological polar surface area (TPSA) is 81.4 Å². The average Bonchev–Trinajstić information content (AvgIpc) is 2.27. The molecule has 1 amide bonds. The molecule has 2 atom stereocenters. The first-order valence-electron chi connectivity index (χ1n) is 5.28. The lowest BCUT2D eigenvalue weighted by Gasteiger charge is -2.18. The highest BCUT2D eigenvalue weighted by Gasteiger charge is 2.24. The number of ether oxygens (including phenoxy) is 1. The van der Waals surface area contributed by atoms with Gasteiger partial charge in [-0.3, -0.25) is 4.79 Å². The van der Waals surface area contributed by atoms with Crippen molar-refractivity contribution in [2.45, 2.75) is 32.4 Å². The van der Waals surface area contributed by atoms with Gasteiger partial charge < -0.3 is 15.8 Å². The van der Waals surface area contributed by atoms with Crippen LogP contribution in [0.5, 0.6) is 0 Å². The Morgan fingerprint density at radius 3 is 2.50 bits per heavy atom. The van der Waals surface area contributed by atoms with Crippen LogP contribution in [-0.2, 0) is 14.3 Å². The molecule has 0 radical (unpaired) electrons. The van der Waals surface area contributed by atoms with Crippen molar-refractivity contribution in [1.29, 1.82) is 0 Å². The van der Waals surface area contributed by atoms with Gasteiger partial charge in [0.15, 0.2) is 6.04 Å². The molecule has 0 rings (SSSR count). The monoisotopic (exact) mass is 248 g/mol. The SMILES string of the molecule is CCOC(=O)C(N)C(=O)NC(CC)CSC. The molecule has 0 fully saturated rings. The van der Waals surface area contributed by atoms with E-state index in [1.807, 2.05) is 13.2 Å². The highest BCUT2D eigenvalue weighted by atomic mass is 32.2. The first kappa shape index (κ1) is 15.2. The van der Waals surface area contributed by atoms with Gasteiger partial charge in [0.05, 0.1) is 6.61 Å². The second-order valence-corrected chi connectivity index (χ2v) is 4.21. The Kier molecular flexibility index (Phi) is 8.01. The Hall–Kier alpha value is -0.750. The maximum atomic E-state index is 11.6. The summed E-state index contributed by atoms with van der Waals surface area (Å²) in [6.07, 6.45) is 2.77. The fourth-order valence-electron chi connectivity index (χ4n) is 1.09. The summed E-state index contributed by atoms with van der Waals surface area (Å²) >= 11 is 1.63. The van der Waals surface area contributed by atoms with Crippen molar-refractivity contribution in [2.75, 3.05) is 18.6 Å². The van der Waals surface area contributed by atoms with Crippen LogP contribution >= 0.6 is 11.8 Å². The molecule has 0 saturated carbocycles. The predicted molar refractivity (Wildman–Crippen MR) is 65.2 cm³/mol. The number of amides is 1. The van der Waals surface area contributed by atoms with Gasteiger partial charge >= 0.3 is 5.97 Å². The molecule has 0 aromatic rings. The Balaban J connectivity index is 4.17. The molecule has 6 heteroatoms. The number of nitrogens with one attached hydrogen (secondary N) is 1. The van der Waals surface area contributed by atoms with Crippen molar-refractivity contribution in [3.05, 3.63) is 0 Å². The van der Waals surface area contributed by atoms with Crippen molar-refractivity contribution in [2.24, 2.45) is 5.73 Å². The van der Waals surface area contributed by atoms with Crippen LogP contribution < -0.4 is 11.1 Å². The summed E-state index contributed by atoms with van der Waals surface area (Å²) in [4.78, 5) is 22.8. The standard InChI is InChI=1S/C10H20N2O3S/c1-4-7(6-16-3)12-9(13)8(11)10(14)15-5-2/h7-8H,4-6,11H2,1-3H3,(H,12,13). The molecule has 0 heterocycles. The molecule has 5 nitrogen and oxygen atoms in total. The maximum Gasteiger partial charge on any atom is 0.332 e. The van der Waals surface area contributed by atoms with Gasteiger partial charge in [-0.1, -0.05) is 6.92 Å². The van der Waals surface area contributed by atoms with E-state index in [9.17, 15) is 9.59 Å². The van der Waals surface area contributed by atoms with Crippen molar-refractivity contribution >= 4 is 23.6 Å². The van der Waals surface area contributed by atoms with Crippen LogP contribution in [0.25, 0.3) is 0 Å². The minimum absolute atomic E-state index is 0.0444. The molecule has 0 aromatic heterocycles. The number of hydrogen-bond donors (Lipinski definition) is 2. The van der Waals surface area contributed by atoms with E-state index in [1.54, 1.807) is 18.7 Å². The average molecular weight is 248 g/mol. The van der Waals surface area contributed by atoms with Gasteiger partial charge in [0.2, 0.25) is 5.91 Å². The highest BCUT2D eigenvalue weighted by Crippen LogP contribution is 2.01. The first-order valence-corrected chi connectivity index (χ1v) is 6.67. The van der Waals surface area contributed by atoms with Gasteiger partial charge in [-0.2, -0.15) is 11.8 Å². The summed E-state index contributed by atoms with van der Waals surface area (Å²) in [5.41, 5.74) is 5.45. The van der Waals surface area contributed by atoms with Gasteiger partial charge in [-0.05, 0) is 19.6 Å². The van der Waals surface area contributed by atoms with Crippen molar-refractivity contribution < 1.29 is 14.3 Å². The summed E-state index contributed by atoms with van der Waals surface area (Å²) in [5.74, 6) is -0.351. The number of esters is 1. The molecule has 0 aliphatic carbocycles. The molecule has 3 N–H and O–H groups in total. The zero-order chi connectivity index (χ0) is 12.6. The summed E-state index contributed by atoms with van der Waals surface area (Å²) in [6, 6.07) is -1.18. The highest BCUT2D eigenvalue weighted by molar-refractivity contribution is 7.98. The van der Waals surface area contributed by atoms with E-state index in [0.29, 0.717) is 0 Å². The van der Waals surface area contributed by atoms with Crippen molar-refractivity contribution in [1.82, 2.24) is 5.32 Å². The number of carbonyl (C=O) groups excluding carboxylic acids is 2. The molecule has 0 saturated heterocycles. The number of nitrogens with two attached hydrogens (primary N) is 1. The molecular weight excluding hydrogens is 228 g/mol. The molecule has 0 aliphatic rings. The van der Waals surface area contributed by atoms with Crippen LogP contribution in [0.3, 0.4) is 0 Å². The van der Waals surface area contributed by atoms with Crippen LogP contribution in [0.4, 0.5) is 0 Å². The summed E-state index contributed by atoms with van der Waals surface area (Å²) in [5, 5.41) is 2.72. The summed E-state index contributed by atoms with van der Waals surface area (Å²) in [6.45, 7) is 3.87. The fourth-order valence-corrected chi connectivity index (χ4v) is 1.81. The third kappa shape index (κ3) is 5.37. The molecule has 0 aliphatic heterocycles. The minimum atomic E-state index is -1.23. The zero-order valence-electron chi connectivity index (χ0n) is 9.99. The molecule has 0 spiro atoms. The number of thioether (sulfide) groups is 1. The smallest absolute Gasteiger partial charge is 0.332 e. The third-order valence-corrected chi connectivity index (χ3v) is 2.77. The van der Waals surface area contributed by atoms with E-state index in [4.69, 9.17) is 5.73 Å². The second kappa shape index (κ2) is 8.41. The van der Waals surface area contributed by atoms with Gasteiger partial charge in [-0.25, -0.2) is 4.79 Å². The lowest BCUT2D eigenvalue weighted by atomic mass is 10.2. The zero-order valence-corrected chi connectivity index (χ0v) is 10.8. The molecule has 2 unspecified atom stereocenters. The number of rotatable bonds is 7. The lowest BCUT2D eigenvalue weighted by molar-refractivity contribution is -0.148. The van der Waals surface area contributed by atoms with Crippen LogP contribution in [-0.4, -0.2) is 42.6 Å². The largest absolute Gasteiger partial charge is 0.464 e. The third-order valence-electron chi connectivity index (χ3n) is 2.03. The molecule has 0 bridgehead atoms. The quantitative estimate of drug-likeness (QED) is 0.494. The van der Waals surface area contributed by atoms with E-state index in [1.165, 1.54) is 0 Å². The first-order chi connectivity index (χ1) is 7.56. The van der Waals surface area contributed by atoms with Gasteiger partial charge in [0.25, 0.3) is 0 Å². The number of hydrogen-bond acceptors (Lipinski definition) is 5. The Bertz CT molecular complexity index is 236. The lowest BCUT2D eigenvalue weighted by Crippen LogP contribution is -2.50. The normalized spacial score (nSPS) is 14.0. The Morgan fingerprint density at radius 1 is 1.44 bits per heavy atom. The van der Waals surface area contributed by atoms with Crippen LogP contribution in [0.15, 0.2) is 0 Å².